The third-order valence-corrected chi connectivity index (χ3v) is 7.47. The lowest BCUT2D eigenvalue weighted by Crippen LogP contribution is -2.39. The summed E-state index contributed by atoms with van der Waals surface area (Å²) >= 11 is 5.82. The predicted octanol–water partition coefficient (Wildman–Crippen LogP) is 5.86. The van der Waals surface area contributed by atoms with Crippen LogP contribution in [0.3, 0.4) is 0 Å². The number of hydrogen-bond acceptors (Lipinski definition) is 4. The molecule has 0 aliphatic heterocycles. The van der Waals surface area contributed by atoms with Crippen molar-refractivity contribution in [2.75, 3.05) is 0 Å². The number of fused-ring (bicyclic) bond motifs is 1. The Labute approximate surface area is 227 Å². The highest BCUT2D eigenvalue weighted by molar-refractivity contribution is 6.30. The molecule has 1 aliphatic rings. The van der Waals surface area contributed by atoms with Crippen LogP contribution in [0.25, 0.3) is 16.7 Å². The molecule has 1 N–H and O–H groups in total. The van der Waals surface area contributed by atoms with Crippen molar-refractivity contribution in [3.63, 3.8) is 0 Å². The van der Waals surface area contributed by atoms with Gasteiger partial charge in [-0.25, -0.2) is 9.78 Å². The van der Waals surface area contributed by atoms with Crippen molar-refractivity contribution in [3.8, 4) is 5.69 Å². The third kappa shape index (κ3) is 5.43. The minimum Gasteiger partial charge on any atom is -0.349 e. The van der Waals surface area contributed by atoms with Crippen LogP contribution in [0.2, 0.25) is 5.02 Å². The summed E-state index contributed by atoms with van der Waals surface area (Å²) in [5.74, 6) is -0.673. The Kier molecular flexibility index (Phi) is 7.24. The van der Waals surface area contributed by atoms with E-state index in [0.717, 1.165) is 40.4 Å². The van der Waals surface area contributed by atoms with Crippen molar-refractivity contribution in [1.29, 1.82) is 0 Å². The molecule has 1 amide bonds. The zero-order valence-corrected chi connectivity index (χ0v) is 22.2. The number of halogens is 4. The number of amides is 1. The standard InChI is InChI=1S/C28H27ClF3N5O2/c1-16-7-12-22(17(2)34-16)37-24-6-4-3-5-23(24)36(27(37)39)15-18-8-10-20(11-9-18)35-26(38)21-13-19(29)14-33-25(21)28(30,31)32/h3-7,12-14,18,20H,8-11,15H2,1-2H3,(H,35,38). The molecule has 0 bridgehead atoms. The van der Waals surface area contributed by atoms with Crippen LogP contribution in [0, 0.1) is 19.8 Å². The molecule has 1 saturated carbocycles. The summed E-state index contributed by atoms with van der Waals surface area (Å²) in [6.07, 6.45) is -1.30. The lowest BCUT2D eigenvalue weighted by molar-refractivity contribution is -0.141. The van der Waals surface area contributed by atoms with E-state index >= 15 is 0 Å². The zero-order chi connectivity index (χ0) is 27.9. The third-order valence-electron chi connectivity index (χ3n) is 7.26. The van der Waals surface area contributed by atoms with Crippen LogP contribution in [-0.4, -0.2) is 31.1 Å². The maximum atomic E-state index is 13.6. The summed E-state index contributed by atoms with van der Waals surface area (Å²) in [5.41, 5.74) is 2.01. The highest BCUT2D eigenvalue weighted by Gasteiger charge is 2.38. The number of para-hydroxylation sites is 2. The first-order valence-corrected chi connectivity index (χ1v) is 13.1. The Morgan fingerprint density at radius 3 is 2.44 bits per heavy atom. The van der Waals surface area contributed by atoms with Gasteiger partial charge in [0.1, 0.15) is 0 Å². The molecular weight excluding hydrogens is 531 g/mol. The molecule has 0 saturated heterocycles. The van der Waals surface area contributed by atoms with Crippen LogP contribution >= 0.6 is 11.6 Å². The number of pyridine rings is 2. The van der Waals surface area contributed by atoms with Crippen molar-refractivity contribution in [2.24, 2.45) is 5.92 Å². The van der Waals surface area contributed by atoms with Crippen molar-refractivity contribution < 1.29 is 18.0 Å². The van der Waals surface area contributed by atoms with E-state index < -0.39 is 23.3 Å². The monoisotopic (exact) mass is 557 g/mol. The molecule has 11 heteroatoms. The largest absolute Gasteiger partial charge is 0.434 e. The number of rotatable bonds is 5. The van der Waals surface area contributed by atoms with Gasteiger partial charge in [0.2, 0.25) is 0 Å². The lowest BCUT2D eigenvalue weighted by Gasteiger charge is -2.29. The summed E-state index contributed by atoms with van der Waals surface area (Å²) < 4.78 is 43.5. The second-order valence-electron chi connectivity index (χ2n) is 10.0. The minimum absolute atomic E-state index is 0.0434. The van der Waals surface area contributed by atoms with Gasteiger partial charge in [0.05, 0.1) is 33.0 Å². The summed E-state index contributed by atoms with van der Waals surface area (Å²) in [7, 11) is 0. The summed E-state index contributed by atoms with van der Waals surface area (Å²) in [6.45, 7) is 4.29. The summed E-state index contributed by atoms with van der Waals surface area (Å²) in [6, 6.07) is 12.1. The van der Waals surface area contributed by atoms with Crippen LogP contribution in [0.1, 0.15) is 53.1 Å². The van der Waals surface area contributed by atoms with E-state index in [-0.39, 0.29) is 22.7 Å². The number of hydrogen-bond donors (Lipinski definition) is 1. The lowest BCUT2D eigenvalue weighted by atomic mass is 9.85. The van der Waals surface area contributed by atoms with E-state index in [2.05, 4.69) is 15.3 Å². The second-order valence-corrected chi connectivity index (χ2v) is 10.4. The fraction of sp³-hybridized carbons (Fsp3) is 0.357. The maximum absolute atomic E-state index is 13.6. The van der Waals surface area contributed by atoms with Crippen LogP contribution in [0.5, 0.6) is 0 Å². The first-order chi connectivity index (χ1) is 18.5. The van der Waals surface area contributed by atoms with Gasteiger partial charge in [-0.2, -0.15) is 13.2 Å². The first-order valence-electron chi connectivity index (χ1n) is 12.7. The molecule has 5 rings (SSSR count). The molecule has 0 radical (unpaired) electrons. The fourth-order valence-corrected chi connectivity index (χ4v) is 5.54. The molecule has 1 fully saturated rings. The summed E-state index contributed by atoms with van der Waals surface area (Å²) in [5, 5.41) is 2.68. The molecule has 1 aromatic carbocycles. The van der Waals surface area contributed by atoms with Crippen LogP contribution in [0.4, 0.5) is 13.2 Å². The van der Waals surface area contributed by atoms with Crippen molar-refractivity contribution >= 4 is 28.5 Å². The Morgan fingerprint density at radius 2 is 1.77 bits per heavy atom. The van der Waals surface area contributed by atoms with E-state index in [9.17, 15) is 22.8 Å². The number of aromatic nitrogens is 4. The van der Waals surface area contributed by atoms with Gasteiger partial charge in [0, 0.05) is 24.5 Å². The normalized spacial score (nSPS) is 17.9. The molecule has 0 spiro atoms. The average Bonchev–Trinajstić information content (AvgIpc) is 3.15. The molecular formula is C28H27ClF3N5O2. The molecule has 0 unspecified atom stereocenters. The van der Waals surface area contributed by atoms with Crippen molar-refractivity contribution in [2.45, 2.75) is 58.3 Å². The number of alkyl halides is 3. The van der Waals surface area contributed by atoms with Crippen molar-refractivity contribution in [1.82, 2.24) is 24.4 Å². The number of carbonyl (C=O) groups is 1. The van der Waals surface area contributed by atoms with Gasteiger partial charge in [-0.15, -0.1) is 0 Å². The van der Waals surface area contributed by atoms with Crippen LogP contribution in [0.15, 0.2) is 53.5 Å². The second kappa shape index (κ2) is 10.5. The molecule has 7 nitrogen and oxygen atoms in total. The number of benzene rings is 1. The summed E-state index contributed by atoms with van der Waals surface area (Å²) in [4.78, 5) is 34.2. The van der Waals surface area contributed by atoms with Gasteiger partial charge in [-0.3, -0.25) is 18.9 Å². The van der Waals surface area contributed by atoms with Gasteiger partial charge in [-0.1, -0.05) is 23.7 Å². The van der Waals surface area contributed by atoms with Gasteiger partial charge >= 0.3 is 11.9 Å². The number of nitrogens with zero attached hydrogens (tertiary/aromatic N) is 4. The Hall–Kier alpha value is -3.66. The van der Waals surface area contributed by atoms with Gasteiger partial charge in [0.25, 0.3) is 5.91 Å². The Morgan fingerprint density at radius 1 is 1.08 bits per heavy atom. The van der Waals surface area contributed by atoms with E-state index in [4.69, 9.17) is 11.6 Å². The van der Waals surface area contributed by atoms with E-state index in [1.165, 1.54) is 0 Å². The van der Waals surface area contributed by atoms with Crippen LogP contribution in [-0.2, 0) is 12.7 Å². The topological polar surface area (TPSA) is 81.8 Å². The van der Waals surface area contributed by atoms with Gasteiger partial charge in [0.15, 0.2) is 5.69 Å². The molecule has 0 atom stereocenters. The van der Waals surface area contributed by atoms with Crippen molar-refractivity contribution in [3.05, 3.63) is 86.8 Å². The highest BCUT2D eigenvalue weighted by atomic mass is 35.5. The zero-order valence-electron chi connectivity index (χ0n) is 21.4. The Balaban J connectivity index is 1.32. The number of carbonyl (C=O) groups excluding carboxylic acids is 1. The van der Waals surface area contributed by atoms with Crippen LogP contribution < -0.4 is 11.0 Å². The minimum atomic E-state index is -4.77. The first kappa shape index (κ1) is 26.9. The average molecular weight is 558 g/mol. The van der Waals surface area contributed by atoms with Gasteiger partial charge < -0.3 is 5.32 Å². The SMILES string of the molecule is Cc1ccc(-n2c(=O)n(CC3CCC(NC(=O)c4cc(Cl)cnc4C(F)(F)F)CC3)c3ccccc32)c(C)n1. The quantitative estimate of drug-likeness (QED) is 0.333. The van der Waals surface area contributed by atoms with Gasteiger partial charge in [-0.05, 0) is 75.8 Å². The molecule has 4 aromatic rings. The number of nitrogens with one attached hydrogen (secondary N) is 1. The van der Waals surface area contributed by atoms with E-state index in [0.29, 0.717) is 32.2 Å². The van der Waals surface area contributed by atoms with E-state index in [1.54, 1.807) is 9.13 Å². The molecule has 3 aromatic heterocycles. The fourth-order valence-electron chi connectivity index (χ4n) is 5.38. The maximum Gasteiger partial charge on any atom is 0.434 e. The number of aryl methyl sites for hydroxylation is 2. The molecule has 204 valence electrons. The molecule has 39 heavy (non-hydrogen) atoms. The van der Waals surface area contributed by atoms with E-state index in [1.807, 2.05) is 50.2 Å². The molecule has 1 aliphatic carbocycles. The Bertz CT molecular complexity index is 1600. The smallest absolute Gasteiger partial charge is 0.349 e. The predicted molar refractivity (Wildman–Crippen MR) is 142 cm³/mol. The highest BCUT2D eigenvalue weighted by Crippen LogP contribution is 2.32. The molecule has 3 heterocycles. The number of imidazole rings is 1.